The average Bonchev–Trinajstić information content (AvgIpc) is 2.89. The van der Waals surface area contributed by atoms with Gasteiger partial charge in [-0.3, -0.25) is 4.98 Å². The number of benzene rings is 1. The normalized spacial score (nSPS) is 15.9. The van der Waals surface area contributed by atoms with E-state index in [-0.39, 0.29) is 0 Å². The molecule has 3 aromatic heterocycles. The van der Waals surface area contributed by atoms with E-state index in [0.717, 1.165) is 78.0 Å². The van der Waals surface area contributed by atoms with Crippen molar-refractivity contribution in [2.24, 2.45) is 0 Å². The number of hydrogen-bond donors (Lipinski definition) is 0. The van der Waals surface area contributed by atoms with E-state index in [2.05, 4.69) is 51.0 Å². The zero-order valence-electron chi connectivity index (χ0n) is 18.6. The molecule has 0 radical (unpaired) electrons. The lowest BCUT2D eigenvalue weighted by Crippen LogP contribution is -2.36. The van der Waals surface area contributed by atoms with Crippen molar-refractivity contribution in [2.75, 3.05) is 49.3 Å². The van der Waals surface area contributed by atoms with E-state index in [9.17, 15) is 0 Å². The Labute approximate surface area is 192 Å². The van der Waals surface area contributed by atoms with Gasteiger partial charge in [0.1, 0.15) is 12.4 Å². The molecule has 0 unspecified atom stereocenters. The molecule has 0 atom stereocenters. The Morgan fingerprint density at radius 3 is 2.61 bits per heavy atom. The molecule has 2 aliphatic heterocycles. The molecular weight excluding hydrogens is 414 g/mol. The van der Waals surface area contributed by atoms with Crippen molar-refractivity contribution in [1.82, 2.24) is 15.0 Å². The summed E-state index contributed by atoms with van der Waals surface area (Å²) < 4.78 is 11.6. The standard InChI is InChI=1S/C26H25N5O2/c1-18-24(21-6-2-3-9-27-21)29-26-20(5-4-10-28-26)25(18)31-13-16-33-23-8-7-19(17-22(23)31)30-11-14-32-15-12-30/h2-10,17H,11-16H2,1H3. The highest BCUT2D eigenvalue weighted by molar-refractivity contribution is 5.97. The third-order valence-corrected chi connectivity index (χ3v) is 6.33. The van der Waals surface area contributed by atoms with Crippen molar-refractivity contribution in [3.05, 3.63) is 66.5 Å². The topological polar surface area (TPSA) is 63.6 Å². The van der Waals surface area contributed by atoms with Crippen LogP contribution in [0.2, 0.25) is 0 Å². The molecule has 166 valence electrons. The highest BCUT2D eigenvalue weighted by Crippen LogP contribution is 2.44. The minimum atomic E-state index is 0.617. The van der Waals surface area contributed by atoms with Gasteiger partial charge < -0.3 is 19.3 Å². The van der Waals surface area contributed by atoms with Crippen LogP contribution in [-0.4, -0.2) is 54.4 Å². The summed E-state index contributed by atoms with van der Waals surface area (Å²) in [6, 6.07) is 16.4. The zero-order valence-corrected chi connectivity index (χ0v) is 18.6. The highest BCUT2D eigenvalue weighted by atomic mass is 16.5. The van der Waals surface area contributed by atoms with Gasteiger partial charge in [0.2, 0.25) is 0 Å². The predicted molar refractivity (Wildman–Crippen MR) is 129 cm³/mol. The van der Waals surface area contributed by atoms with E-state index in [4.69, 9.17) is 14.5 Å². The van der Waals surface area contributed by atoms with Crippen LogP contribution in [0.15, 0.2) is 60.9 Å². The first-order valence-corrected chi connectivity index (χ1v) is 11.3. The number of aromatic nitrogens is 3. The summed E-state index contributed by atoms with van der Waals surface area (Å²) in [6.45, 7) is 6.78. The molecule has 7 heteroatoms. The van der Waals surface area contributed by atoms with Gasteiger partial charge in [-0.05, 0) is 49.4 Å². The molecule has 1 saturated heterocycles. The smallest absolute Gasteiger partial charge is 0.161 e. The van der Waals surface area contributed by atoms with Gasteiger partial charge in [-0.1, -0.05) is 6.07 Å². The molecule has 1 aromatic carbocycles. The van der Waals surface area contributed by atoms with Gasteiger partial charge in [0.05, 0.1) is 42.5 Å². The van der Waals surface area contributed by atoms with Crippen molar-refractivity contribution in [3.8, 4) is 17.1 Å². The largest absolute Gasteiger partial charge is 0.490 e. The molecule has 0 spiro atoms. The maximum Gasteiger partial charge on any atom is 0.161 e. The van der Waals surface area contributed by atoms with E-state index < -0.39 is 0 Å². The number of rotatable bonds is 3. The number of ether oxygens (including phenoxy) is 2. The molecule has 33 heavy (non-hydrogen) atoms. The molecule has 0 N–H and O–H groups in total. The predicted octanol–water partition coefficient (Wildman–Crippen LogP) is 4.37. The first kappa shape index (κ1) is 19.9. The molecule has 0 aliphatic carbocycles. The van der Waals surface area contributed by atoms with Crippen LogP contribution in [0.3, 0.4) is 0 Å². The van der Waals surface area contributed by atoms with Crippen molar-refractivity contribution in [3.63, 3.8) is 0 Å². The second kappa shape index (κ2) is 8.33. The fourth-order valence-electron chi connectivity index (χ4n) is 4.73. The number of anilines is 3. The molecule has 4 aromatic rings. The quantitative estimate of drug-likeness (QED) is 0.470. The highest BCUT2D eigenvalue weighted by Gasteiger charge is 2.26. The maximum atomic E-state index is 6.06. The Balaban J connectivity index is 1.54. The lowest BCUT2D eigenvalue weighted by molar-refractivity contribution is 0.122. The van der Waals surface area contributed by atoms with E-state index in [1.165, 1.54) is 5.69 Å². The lowest BCUT2D eigenvalue weighted by atomic mass is 10.0. The second-order valence-electron chi connectivity index (χ2n) is 8.28. The average molecular weight is 440 g/mol. The Morgan fingerprint density at radius 2 is 1.76 bits per heavy atom. The SMILES string of the molecule is Cc1c(-c2ccccn2)nc2ncccc2c1N1CCOc2ccc(N3CCOCC3)cc21. The van der Waals surface area contributed by atoms with Gasteiger partial charge in [-0.25, -0.2) is 9.97 Å². The van der Waals surface area contributed by atoms with Gasteiger partial charge in [0.25, 0.3) is 0 Å². The number of fused-ring (bicyclic) bond motifs is 2. The minimum absolute atomic E-state index is 0.617. The van der Waals surface area contributed by atoms with Crippen molar-refractivity contribution >= 4 is 28.1 Å². The van der Waals surface area contributed by atoms with Crippen LogP contribution in [0, 0.1) is 6.92 Å². The van der Waals surface area contributed by atoms with Crippen LogP contribution >= 0.6 is 0 Å². The Bertz CT molecular complexity index is 1310. The monoisotopic (exact) mass is 439 g/mol. The molecular formula is C26H25N5O2. The van der Waals surface area contributed by atoms with Crippen molar-refractivity contribution in [2.45, 2.75) is 6.92 Å². The summed E-state index contributed by atoms with van der Waals surface area (Å²) in [5.74, 6) is 0.894. The van der Waals surface area contributed by atoms with Gasteiger partial charge in [0.15, 0.2) is 5.65 Å². The first-order valence-electron chi connectivity index (χ1n) is 11.3. The molecule has 7 nitrogen and oxygen atoms in total. The fraction of sp³-hybridized carbons (Fsp3) is 0.269. The second-order valence-corrected chi connectivity index (χ2v) is 8.28. The van der Waals surface area contributed by atoms with E-state index in [1.54, 1.807) is 12.4 Å². The fourth-order valence-corrected chi connectivity index (χ4v) is 4.73. The first-order chi connectivity index (χ1) is 16.3. The number of pyridine rings is 3. The Morgan fingerprint density at radius 1 is 0.879 bits per heavy atom. The summed E-state index contributed by atoms with van der Waals surface area (Å²) in [6.07, 6.45) is 3.60. The zero-order chi connectivity index (χ0) is 22.2. The van der Waals surface area contributed by atoms with Gasteiger partial charge in [0, 0.05) is 42.1 Å². The molecule has 0 bridgehead atoms. The number of morpholine rings is 1. The Hall–Kier alpha value is -3.71. The maximum absolute atomic E-state index is 6.06. The summed E-state index contributed by atoms with van der Waals surface area (Å²) in [4.78, 5) is 18.8. The number of hydrogen-bond acceptors (Lipinski definition) is 7. The minimum Gasteiger partial charge on any atom is -0.490 e. The molecule has 1 fully saturated rings. The molecule has 2 aliphatic rings. The van der Waals surface area contributed by atoms with Crippen LogP contribution in [-0.2, 0) is 4.74 Å². The third kappa shape index (κ3) is 3.54. The molecule has 0 saturated carbocycles. The molecule has 5 heterocycles. The van der Waals surface area contributed by atoms with Crippen LogP contribution in [0.5, 0.6) is 5.75 Å². The molecule has 6 rings (SSSR count). The summed E-state index contributed by atoms with van der Waals surface area (Å²) in [7, 11) is 0. The van der Waals surface area contributed by atoms with Gasteiger partial charge in [-0.15, -0.1) is 0 Å². The van der Waals surface area contributed by atoms with E-state index in [0.29, 0.717) is 6.61 Å². The van der Waals surface area contributed by atoms with Crippen molar-refractivity contribution in [1.29, 1.82) is 0 Å². The summed E-state index contributed by atoms with van der Waals surface area (Å²) >= 11 is 0. The summed E-state index contributed by atoms with van der Waals surface area (Å²) in [5, 5.41) is 1.03. The van der Waals surface area contributed by atoms with Crippen molar-refractivity contribution < 1.29 is 9.47 Å². The lowest BCUT2D eigenvalue weighted by Gasteiger charge is -2.35. The van der Waals surface area contributed by atoms with Crippen LogP contribution in [0.25, 0.3) is 22.4 Å². The summed E-state index contributed by atoms with van der Waals surface area (Å²) in [5.41, 5.74) is 6.87. The third-order valence-electron chi connectivity index (χ3n) is 6.33. The van der Waals surface area contributed by atoms with Crippen LogP contribution in [0.4, 0.5) is 17.1 Å². The van der Waals surface area contributed by atoms with Gasteiger partial charge in [-0.2, -0.15) is 0 Å². The van der Waals surface area contributed by atoms with Crippen LogP contribution < -0.4 is 14.5 Å². The van der Waals surface area contributed by atoms with Crippen LogP contribution in [0.1, 0.15) is 5.56 Å². The number of nitrogens with zero attached hydrogens (tertiary/aromatic N) is 5. The molecule has 0 amide bonds. The van der Waals surface area contributed by atoms with E-state index >= 15 is 0 Å². The van der Waals surface area contributed by atoms with Gasteiger partial charge >= 0.3 is 0 Å². The Kier molecular flexibility index (Phi) is 5.03. The van der Waals surface area contributed by atoms with E-state index in [1.807, 2.05) is 24.3 Å².